The van der Waals surface area contributed by atoms with Crippen LogP contribution in [0.1, 0.15) is 5.56 Å². The van der Waals surface area contributed by atoms with E-state index in [1.54, 1.807) is 30.3 Å². The molecule has 22 heavy (non-hydrogen) atoms. The van der Waals surface area contributed by atoms with Gasteiger partial charge in [0.05, 0.1) is 10.6 Å². The molecule has 0 heterocycles. The lowest BCUT2D eigenvalue weighted by atomic mass is 10.2. The Morgan fingerprint density at radius 3 is 2.50 bits per heavy atom. The summed E-state index contributed by atoms with van der Waals surface area (Å²) in [5, 5.41) is 12.0. The number of hydrogen-bond acceptors (Lipinski definition) is 4. The minimum absolute atomic E-state index is 0.0903. The Balaban J connectivity index is 2.34. The van der Waals surface area contributed by atoms with Crippen LogP contribution in [0.5, 0.6) is 0 Å². The van der Waals surface area contributed by atoms with Crippen LogP contribution in [0.4, 0.5) is 5.69 Å². The van der Waals surface area contributed by atoms with Gasteiger partial charge in [-0.15, -0.1) is 0 Å². The molecule has 6 heteroatoms. The molecule has 0 aliphatic heterocycles. The largest absolute Gasteiger partial charge is 0.359 e. The van der Waals surface area contributed by atoms with Crippen molar-refractivity contribution in [2.75, 3.05) is 5.32 Å². The van der Waals surface area contributed by atoms with E-state index >= 15 is 0 Å². The van der Waals surface area contributed by atoms with Crippen molar-refractivity contribution >= 4 is 31.5 Å². The summed E-state index contributed by atoms with van der Waals surface area (Å²) >= 11 is 3.39. The molecule has 0 unspecified atom stereocenters. The second-order valence-electron chi connectivity index (χ2n) is 4.56. The molecule has 0 fully saturated rings. The summed E-state index contributed by atoms with van der Waals surface area (Å²) < 4.78 is 25.6. The molecule has 0 atom stereocenters. The van der Waals surface area contributed by atoms with Gasteiger partial charge in [-0.3, -0.25) is 0 Å². The maximum absolute atomic E-state index is 12.4. The molecule has 0 aliphatic rings. The summed E-state index contributed by atoms with van der Waals surface area (Å²) in [6, 6.07) is 15.2. The maximum Gasteiger partial charge on any atom is 0.218 e. The molecule has 2 rings (SSSR count). The van der Waals surface area contributed by atoms with Gasteiger partial charge in [0.15, 0.2) is 4.91 Å². The van der Waals surface area contributed by atoms with Gasteiger partial charge in [0.1, 0.15) is 6.07 Å². The number of nitriles is 1. The van der Waals surface area contributed by atoms with Crippen LogP contribution in [0.2, 0.25) is 0 Å². The zero-order valence-electron chi connectivity index (χ0n) is 11.7. The van der Waals surface area contributed by atoms with Crippen LogP contribution >= 0.6 is 15.9 Å². The van der Waals surface area contributed by atoms with E-state index in [4.69, 9.17) is 5.26 Å². The summed E-state index contributed by atoms with van der Waals surface area (Å²) in [6.07, 6.45) is 1.21. The van der Waals surface area contributed by atoms with Crippen molar-refractivity contribution in [3.8, 4) is 6.07 Å². The van der Waals surface area contributed by atoms with E-state index in [1.807, 2.05) is 19.1 Å². The van der Waals surface area contributed by atoms with Gasteiger partial charge in [-0.2, -0.15) is 5.26 Å². The van der Waals surface area contributed by atoms with Crippen molar-refractivity contribution in [2.24, 2.45) is 0 Å². The number of nitrogens with one attached hydrogen (secondary N) is 1. The third kappa shape index (κ3) is 3.56. The number of aryl methyl sites for hydroxylation is 1. The minimum atomic E-state index is -3.82. The Morgan fingerprint density at radius 2 is 1.91 bits per heavy atom. The van der Waals surface area contributed by atoms with Crippen molar-refractivity contribution in [1.82, 2.24) is 0 Å². The van der Waals surface area contributed by atoms with E-state index in [0.29, 0.717) is 5.69 Å². The number of rotatable bonds is 4. The number of anilines is 1. The minimum Gasteiger partial charge on any atom is -0.359 e. The monoisotopic (exact) mass is 376 g/mol. The number of nitrogens with zero attached hydrogens (tertiary/aromatic N) is 1. The van der Waals surface area contributed by atoms with Crippen LogP contribution < -0.4 is 5.32 Å². The normalized spacial score (nSPS) is 11.8. The molecular formula is C16H13BrN2O2S. The molecule has 0 saturated carbocycles. The topological polar surface area (TPSA) is 70.0 Å². The average molecular weight is 377 g/mol. The predicted octanol–water partition coefficient (Wildman–Crippen LogP) is 4.01. The van der Waals surface area contributed by atoms with E-state index < -0.39 is 9.84 Å². The van der Waals surface area contributed by atoms with Gasteiger partial charge < -0.3 is 5.32 Å². The van der Waals surface area contributed by atoms with Crippen LogP contribution in [0.15, 0.2) is 69.0 Å². The van der Waals surface area contributed by atoms with E-state index in [-0.39, 0.29) is 9.80 Å². The number of allylic oxidation sites excluding steroid dienone is 1. The third-order valence-electron chi connectivity index (χ3n) is 2.94. The van der Waals surface area contributed by atoms with Gasteiger partial charge in [0.25, 0.3) is 0 Å². The van der Waals surface area contributed by atoms with E-state index in [1.165, 1.54) is 18.3 Å². The van der Waals surface area contributed by atoms with Gasteiger partial charge >= 0.3 is 0 Å². The smallest absolute Gasteiger partial charge is 0.218 e. The van der Waals surface area contributed by atoms with Crippen molar-refractivity contribution in [3.05, 3.63) is 69.7 Å². The van der Waals surface area contributed by atoms with Gasteiger partial charge in [-0.05, 0) is 52.7 Å². The first-order valence-corrected chi connectivity index (χ1v) is 8.66. The fourth-order valence-corrected chi connectivity index (χ4v) is 3.49. The fraction of sp³-hybridized carbons (Fsp3) is 0.0625. The number of benzene rings is 2. The Morgan fingerprint density at radius 1 is 1.23 bits per heavy atom. The molecule has 0 spiro atoms. The number of halogens is 1. The fourth-order valence-electron chi connectivity index (χ4n) is 1.78. The van der Waals surface area contributed by atoms with Crippen LogP contribution in [-0.4, -0.2) is 8.42 Å². The first-order valence-electron chi connectivity index (χ1n) is 6.38. The van der Waals surface area contributed by atoms with Crippen molar-refractivity contribution in [1.29, 1.82) is 5.26 Å². The lowest BCUT2D eigenvalue weighted by Crippen LogP contribution is -2.05. The third-order valence-corrected chi connectivity index (χ3v) is 5.27. The summed E-state index contributed by atoms with van der Waals surface area (Å²) in [5.74, 6) is 0. The zero-order chi connectivity index (χ0) is 16.2. The molecule has 0 amide bonds. The Hall–Kier alpha value is -2.10. The highest BCUT2D eigenvalue weighted by Crippen LogP contribution is 2.24. The molecule has 2 aromatic carbocycles. The second kappa shape index (κ2) is 6.77. The molecule has 2 aromatic rings. The highest BCUT2D eigenvalue weighted by molar-refractivity contribution is 9.10. The maximum atomic E-state index is 12.4. The quantitative estimate of drug-likeness (QED) is 0.818. The van der Waals surface area contributed by atoms with Gasteiger partial charge in [-0.25, -0.2) is 8.42 Å². The van der Waals surface area contributed by atoms with Gasteiger partial charge in [0.2, 0.25) is 9.84 Å². The van der Waals surface area contributed by atoms with Crippen molar-refractivity contribution in [2.45, 2.75) is 11.8 Å². The Bertz CT molecular complexity index is 853. The summed E-state index contributed by atoms with van der Waals surface area (Å²) in [4.78, 5) is -0.251. The lowest BCUT2D eigenvalue weighted by molar-refractivity contribution is 0.603. The van der Waals surface area contributed by atoms with E-state index in [9.17, 15) is 8.42 Å². The molecule has 0 aliphatic carbocycles. The van der Waals surface area contributed by atoms with Crippen molar-refractivity contribution in [3.63, 3.8) is 0 Å². The molecule has 0 bridgehead atoms. The van der Waals surface area contributed by atoms with Gasteiger partial charge in [0, 0.05) is 10.7 Å². The van der Waals surface area contributed by atoms with Crippen LogP contribution in [0.25, 0.3) is 0 Å². The number of sulfone groups is 1. The van der Waals surface area contributed by atoms with Crippen LogP contribution in [-0.2, 0) is 9.84 Å². The van der Waals surface area contributed by atoms with Crippen LogP contribution in [0.3, 0.4) is 0 Å². The predicted molar refractivity (Wildman–Crippen MR) is 89.8 cm³/mol. The lowest BCUT2D eigenvalue weighted by Gasteiger charge is -2.07. The standard InChI is InChI=1S/C16H13BrN2O2S/c1-12-7-8-16(15(17)9-12)19-11-14(10-18)22(20,21)13-5-3-2-4-6-13/h2-9,11,19H,1H3. The molecule has 0 saturated heterocycles. The van der Waals surface area contributed by atoms with E-state index in [0.717, 1.165) is 10.0 Å². The SMILES string of the molecule is Cc1ccc(NC=C(C#N)S(=O)(=O)c2ccccc2)c(Br)c1. The molecule has 0 radical (unpaired) electrons. The second-order valence-corrected chi connectivity index (χ2v) is 7.34. The Labute approximate surface area is 138 Å². The van der Waals surface area contributed by atoms with Crippen molar-refractivity contribution < 1.29 is 8.42 Å². The first-order chi connectivity index (χ1) is 10.4. The summed E-state index contributed by atoms with van der Waals surface area (Å²) in [5.41, 5.74) is 1.75. The summed E-state index contributed by atoms with van der Waals surface area (Å²) in [7, 11) is -3.82. The Kier molecular flexibility index (Phi) is 5.01. The van der Waals surface area contributed by atoms with Gasteiger partial charge in [-0.1, -0.05) is 24.3 Å². The molecule has 112 valence electrons. The molecule has 4 nitrogen and oxygen atoms in total. The summed E-state index contributed by atoms with van der Waals surface area (Å²) in [6.45, 7) is 1.95. The zero-order valence-corrected chi connectivity index (χ0v) is 14.1. The highest BCUT2D eigenvalue weighted by atomic mass is 79.9. The molecule has 1 N–H and O–H groups in total. The molecule has 0 aromatic heterocycles. The molecular weight excluding hydrogens is 364 g/mol. The van der Waals surface area contributed by atoms with E-state index in [2.05, 4.69) is 21.2 Å². The average Bonchev–Trinajstić information content (AvgIpc) is 2.50. The first kappa shape index (κ1) is 16.3. The number of hydrogen-bond donors (Lipinski definition) is 1. The highest BCUT2D eigenvalue weighted by Gasteiger charge is 2.20. The van der Waals surface area contributed by atoms with Crippen LogP contribution in [0, 0.1) is 18.3 Å².